The lowest BCUT2D eigenvalue weighted by Crippen LogP contribution is -2.29. The van der Waals surface area contributed by atoms with Crippen LogP contribution >= 0.6 is 11.6 Å². The molecule has 5 heteroatoms. The number of pyridine rings is 1. The zero-order chi connectivity index (χ0) is 13.1. The Bertz CT molecular complexity index is 560. The molecule has 18 heavy (non-hydrogen) atoms. The van der Waals surface area contributed by atoms with E-state index in [9.17, 15) is 4.39 Å². The highest BCUT2D eigenvalue weighted by molar-refractivity contribution is 6.29. The van der Waals surface area contributed by atoms with Gasteiger partial charge in [-0.25, -0.2) is 14.8 Å². The van der Waals surface area contributed by atoms with Crippen LogP contribution in [0, 0.1) is 12.7 Å². The molecule has 3 nitrogen and oxygen atoms in total. The highest BCUT2D eigenvalue weighted by Crippen LogP contribution is 2.24. The minimum Gasteiger partial charge on any atom is -0.271 e. The maximum atomic E-state index is 13.6. The number of hydrazine groups is 1. The van der Waals surface area contributed by atoms with E-state index in [1.54, 1.807) is 31.3 Å². The molecule has 1 aromatic carbocycles. The Morgan fingerprint density at radius 3 is 2.61 bits per heavy atom. The van der Waals surface area contributed by atoms with Crippen molar-refractivity contribution in [2.75, 3.05) is 0 Å². The van der Waals surface area contributed by atoms with Gasteiger partial charge in [0.2, 0.25) is 0 Å². The molecule has 3 N–H and O–H groups in total. The van der Waals surface area contributed by atoms with E-state index in [2.05, 4.69) is 10.4 Å². The molecule has 2 aromatic rings. The van der Waals surface area contributed by atoms with Crippen LogP contribution in [0.1, 0.15) is 22.7 Å². The summed E-state index contributed by atoms with van der Waals surface area (Å²) in [6, 6.07) is 8.18. The molecule has 0 fully saturated rings. The third-order valence-electron chi connectivity index (χ3n) is 2.78. The maximum Gasteiger partial charge on any atom is 0.129 e. The molecule has 1 unspecified atom stereocenters. The van der Waals surface area contributed by atoms with E-state index in [0.717, 1.165) is 11.1 Å². The summed E-state index contributed by atoms with van der Waals surface area (Å²) in [7, 11) is 0. The average molecular weight is 266 g/mol. The third-order valence-corrected chi connectivity index (χ3v) is 2.99. The molecule has 94 valence electrons. The summed E-state index contributed by atoms with van der Waals surface area (Å²) < 4.78 is 13.6. The lowest BCUT2D eigenvalue weighted by atomic mass is 9.99. The van der Waals surface area contributed by atoms with E-state index in [1.807, 2.05) is 6.07 Å². The smallest absolute Gasteiger partial charge is 0.129 e. The summed E-state index contributed by atoms with van der Waals surface area (Å²) in [5, 5.41) is 0.375. The van der Waals surface area contributed by atoms with Gasteiger partial charge in [-0.05, 0) is 41.8 Å². The molecule has 0 aliphatic rings. The number of aromatic nitrogens is 1. The van der Waals surface area contributed by atoms with Crippen molar-refractivity contribution >= 4 is 11.6 Å². The Hall–Kier alpha value is -1.49. The number of halogens is 2. The Morgan fingerprint density at radius 1 is 1.28 bits per heavy atom. The number of rotatable bonds is 3. The number of benzene rings is 1. The summed E-state index contributed by atoms with van der Waals surface area (Å²) in [6.07, 6.45) is 1.59. The summed E-state index contributed by atoms with van der Waals surface area (Å²) in [5.74, 6) is 5.28. The predicted octanol–water partition coefficient (Wildman–Crippen LogP) is 2.74. The van der Waals surface area contributed by atoms with E-state index in [-0.39, 0.29) is 11.9 Å². The van der Waals surface area contributed by atoms with Gasteiger partial charge in [-0.2, -0.15) is 0 Å². The van der Waals surface area contributed by atoms with Gasteiger partial charge in [-0.15, -0.1) is 0 Å². The summed E-state index contributed by atoms with van der Waals surface area (Å²) >= 11 is 5.84. The predicted molar refractivity (Wildman–Crippen MR) is 69.6 cm³/mol. The monoisotopic (exact) mass is 265 g/mol. The second-order valence-electron chi connectivity index (χ2n) is 4.02. The SMILES string of the molecule is Cc1ccc(C(NN)c2ccnc(Cl)c2)cc1F. The zero-order valence-corrected chi connectivity index (χ0v) is 10.6. The van der Waals surface area contributed by atoms with E-state index in [1.165, 1.54) is 6.07 Å². The van der Waals surface area contributed by atoms with E-state index in [0.29, 0.717) is 10.7 Å². The lowest BCUT2D eigenvalue weighted by molar-refractivity contribution is 0.599. The van der Waals surface area contributed by atoms with Crippen LogP contribution < -0.4 is 11.3 Å². The molecule has 1 atom stereocenters. The molecular formula is C13H13ClFN3. The van der Waals surface area contributed by atoms with Crippen molar-refractivity contribution in [1.29, 1.82) is 0 Å². The van der Waals surface area contributed by atoms with Crippen LogP contribution in [0.4, 0.5) is 4.39 Å². The average Bonchev–Trinajstić information content (AvgIpc) is 2.35. The van der Waals surface area contributed by atoms with Crippen LogP contribution in [0.3, 0.4) is 0 Å². The van der Waals surface area contributed by atoms with Crippen LogP contribution in [0.2, 0.25) is 5.15 Å². The minimum absolute atomic E-state index is 0.257. The first kappa shape index (κ1) is 13.0. The largest absolute Gasteiger partial charge is 0.271 e. The second-order valence-corrected chi connectivity index (χ2v) is 4.41. The Balaban J connectivity index is 2.42. The van der Waals surface area contributed by atoms with E-state index in [4.69, 9.17) is 17.4 Å². The molecule has 0 saturated heterocycles. The fourth-order valence-corrected chi connectivity index (χ4v) is 1.95. The molecule has 0 aliphatic heterocycles. The van der Waals surface area contributed by atoms with Crippen molar-refractivity contribution in [3.63, 3.8) is 0 Å². The first-order chi connectivity index (χ1) is 8.61. The summed E-state index contributed by atoms with van der Waals surface area (Å²) in [6.45, 7) is 1.72. The van der Waals surface area contributed by atoms with Gasteiger partial charge in [0.05, 0.1) is 6.04 Å². The van der Waals surface area contributed by atoms with E-state index >= 15 is 0 Å². The number of nitrogens with zero attached hydrogens (tertiary/aromatic N) is 1. The van der Waals surface area contributed by atoms with Gasteiger partial charge in [0.1, 0.15) is 11.0 Å². The van der Waals surface area contributed by atoms with Crippen LogP contribution in [0.15, 0.2) is 36.5 Å². The maximum absolute atomic E-state index is 13.6. The molecule has 0 saturated carbocycles. The van der Waals surface area contributed by atoms with Gasteiger partial charge in [0.25, 0.3) is 0 Å². The first-order valence-electron chi connectivity index (χ1n) is 5.45. The van der Waals surface area contributed by atoms with Gasteiger partial charge in [0, 0.05) is 6.20 Å². The Kier molecular flexibility index (Phi) is 3.91. The van der Waals surface area contributed by atoms with E-state index < -0.39 is 0 Å². The molecule has 1 heterocycles. The lowest BCUT2D eigenvalue weighted by Gasteiger charge is -2.17. The quantitative estimate of drug-likeness (QED) is 0.510. The van der Waals surface area contributed by atoms with Gasteiger partial charge in [0.15, 0.2) is 0 Å². The molecule has 0 aliphatic carbocycles. The normalized spacial score (nSPS) is 12.4. The number of nitrogens with one attached hydrogen (secondary N) is 1. The minimum atomic E-state index is -0.319. The summed E-state index contributed by atoms with van der Waals surface area (Å²) in [4.78, 5) is 3.90. The topological polar surface area (TPSA) is 50.9 Å². The second kappa shape index (κ2) is 5.44. The highest BCUT2D eigenvalue weighted by Gasteiger charge is 2.14. The first-order valence-corrected chi connectivity index (χ1v) is 5.83. The molecule has 0 radical (unpaired) electrons. The van der Waals surface area contributed by atoms with Crippen LogP contribution in [-0.2, 0) is 0 Å². The number of hydrogen-bond donors (Lipinski definition) is 2. The van der Waals surface area contributed by atoms with Crippen LogP contribution in [0.5, 0.6) is 0 Å². The molecule has 1 aromatic heterocycles. The van der Waals surface area contributed by atoms with Gasteiger partial charge >= 0.3 is 0 Å². The van der Waals surface area contributed by atoms with Gasteiger partial charge in [-0.3, -0.25) is 5.84 Å². The Morgan fingerprint density at radius 2 is 2.00 bits per heavy atom. The van der Waals surface area contributed by atoms with Crippen LogP contribution in [0.25, 0.3) is 0 Å². The summed E-state index contributed by atoms with van der Waals surface area (Å²) in [5.41, 5.74) is 4.83. The standard InChI is InChI=1S/C13H13ClFN3/c1-8-2-3-9(6-11(8)15)13(18-16)10-4-5-17-12(14)7-10/h2-7,13,18H,16H2,1H3. The molecule has 0 bridgehead atoms. The van der Waals surface area contributed by atoms with Gasteiger partial charge in [-0.1, -0.05) is 23.7 Å². The Labute approximate surface area is 110 Å². The van der Waals surface area contributed by atoms with Crippen molar-refractivity contribution in [2.24, 2.45) is 5.84 Å². The number of hydrogen-bond acceptors (Lipinski definition) is 3. The van der Waals surface area contributed by atoms with Gasteiger partial charge < -0.3 is 0 Å². The highest BCUT2D eigenvalue weighted by atomic mass is 35.5. The zero-order valence-electron chi connectivity index (χ0n) is 9.82. The molecule has 0 amide bonds. The van der Waals surface area contributed by atoms with Crippen molar-refractivity contribution in [1.82, 2.24) is 10.4 Å². The molecule has 2 rings (SSSR count). The van der Waals surface area contributed by atoms with Crippen molar-refractivity contribution < 1.29 is 4.39 Å². The fourth-order valence-electron chi connectivity index (χ4n) is 1.77. The third kappa shape index (κ3) is 2.67. The number of nitrogens with two attached hydrogens (primary N) is 1. The van der Waals surface area contributed by atoms with Crippen LogP contribution in [-0.4, -0.2) is 4.98 Å². The molecule has 0 spiro atoms. The molecular weight excluding hydrogens is 253 g/mol. The van der Waals surface area contributed by atoms with Crippen molar-refractivity contribution in [3.05, 3.63) is 64.2 Å². The number of aryl methyl sites for hydroxylation is 1. The van der Waals surface area contributed by atoms with Crippen molar-refractivity contribution in [2.45, 2.75) is 13.0 Å². The van der Waals surface area contributed by atoms with Crippen molar-refractivity contribution in [3.8, 4) is 0 Å². The fraction of sp³-hybridized carbons (Fsp3) is 0.154.